The molecule has 114 valence electrons. The van der Waals surface area contributed by atoms with E-state index in [1.807, 2.05) is 6.07 Å². The third-order valence-electron chi connectivity index (χ3n) is 4.90. The average molecular weight is 306 g/mol. The summed E-state index contributed by atoms with van der Waals surface area (Å²) in [4.78, 5) is 1.24. The summed E-state index contributed by atoms with van der Waals surface area (Å²) in [6, 6.07) is 7.31. The summed E-state index contributed by atoms with van der Waals surface area (Å²) in [5, 5.41) is 0.985. The van der Waals surface area contributed by atoms with Crippen LogP contribution in [-0.4, -0.2) is 0 Å². The Bertz CT molecular complexity index is 610. The lowest BCUT2D eigenvalue weighted by molar-refractivity contribution is 0.178. The molecular weight excluding hydrogens is 283 g/mol. The Morgan fingerprint density at radius 1 is 1.33 bits per heavy atom. The number of thiophene rings is 1. The summed E-state index contributed by atoms with van der Waals surface area (Å²) in [5.41, 5.74) is 3.04. The van der Waals surface area contributed by atoms with Crippen molar-refractivity contribution in [1.82, 2.24) is 5.43 Å². The van der Waals surface area contributed by atoms with Gasteiger partial charge >= 0.3 is 0 Å². The largest absolute Gasteiger partial charge is 0.271 e. The second-order valence-electron chi connectivity index (χ2n) is 6.09. The third kappa shape index (κ3) is 2.98. The number of halogens is 1. The van der Waals surface area contributed by atoms with Gasteiger partial charge in [-0.25, -0.2) is 4.39 Å². The van der Waals surface area contributed by atoms with Crippen LogP contribution in [0.3, 0.4) is 0 Å². The Balaban J connectivity index is 1.93. The lowest BCUT2D eigenvalue weighted by Crippen LogP contribution is -2.37. The molecule has 2 nitrogen and oxygen atoms in total. The fraction of sp³-hybridized carbons (Fsp3) is 0.529. The van der Waals surface area contributed by atoms with Gasteiger partial charge in [0.05, 0.1) is 6.04 Å². The zero-order valence-corrected chi connectivity index (χ0v) is 13.3. The van der Waals surface area contributed by atoms with E-state index in [9.17, 15) is 4.39 Å². The van der Waals surface area contributed by atoms with E-state index in [-0.39, 0.29) is 11.9 Å². The summed E-state index contributed by atoms with van der Waals surface area (Å²) < 4.78 is 14.5. The molecule has 0 radical (unpaired) electrons. The molecule has 0 bridgehead atoms. The number of hydrogen-bond acceptors (Lipinski definition) is 3. The normalized spacial score (nSPS) is 24.3. The molecule has 3 N–H and O–H groups in total. The minimum Gasteiger partial charge on any atom is -0.271 e. The predicted octanol–water partition coefficient (Wildman–Crippen LogP) is 4.76. The predicted molar refractivity (Wildman–Crippen MR) is 87.6 cm³/mol. The molecule has 1 aliphatic carbocycles. The van der Waals surface area contributed by atoms with E-state index in [0.29, 0.717) is 5.92 Å². The van der Waals surface area contributed by atoms with Gasteiger partial charge in [0.1, 0.15) is 5.82 Å². The lowest BCUT2D eigenvalue weighted by Gasteiger charge is -2.36. The van der Waals surface area contributed by atoms with E-state index in [4.69, 9.17) is 5.84 Å². The number of hydrogen-bond donors (Lipinski definition) is 2. The van der Waals surface area contributed by atoms with Gasteiger partial charge in [0.2, 0.25) is 0 Å². The summed E-state index contributed by atoms with van der Waals surface area (Å²) >= 11 is 1.74. The first kappa shape index (κ1) is 14.9. The number of benzene rings is 1. The van der Waals surface area contributed by atoms with Gasteiger partial charge in [-0.15, -0.1) is 11.3 Å². The molecular formula is C17H23FN2S. The summed E-state index contributed by atoms with van der Waals surface area (Å²) in [6.45, 7) is 2.27. The van der Waals surface area contributed by atoms with Gasteiger partial charge in [-0.2, -0.15) is 0 Å². The molecule has 1 aromatic carbocycles. The van der Waals surface area contributed by atoms with Gasteiger partial charge in [-0.1, -0.05) is 32.6 Å². The van der Waals surface area contributed by atoms with E-state index in [0.717, 1.165) is 16.0 Å². The van der Waals surface area contributed by atoms with E-state index >= 15 is 0 Å². The fourth-order valence-electron chi connectivity index (χ4n) is 3.79. The highest BCUT2D eigenvalue weighted by Crippen LogP contribution is 2.42. The van der Waals surface area contributed by atoms with E-state index in [1.165, 1.54) is 43.0 Å². The Hall–Kier alpha value is -0.970. The van der Waals surface area contributed by atoms with Crippen LogP contribution >= 0.6 is 11.3 Å². The van der Waals surface area contributed by atoms with Gasteiger partial charge < -0.3 is 0 Å². The van der Waals surface area contributed by atoms with Crippen LogP contribution in [0.15, 0.2) is 24.3 Å². The molecule has 0 aliphatic heterocycles. The number of nitrogens with one attached hydrogen (secondary N) is 1. The lowest BCUT2D eigenvalue weighted by atomic mass is 9.74. The van der Waals surface area contributed by atoms with Gasteiger partial charge in [-0.05, 0) is 47.9 Å². The Morgan fingerprint density at radius 3 is 2.90 bits per heavy atom. The first-order chi connectivity index (χ1) is 10.2. The molecule has 4 heteroatoms. The molecule has 1 aromatic heterocycles. The second kappa shape index (κ2) is 6.42. The number of nitrogens with two attached hydrogens (primary N) is 1. The molecule has 1 saturated carbocycles. The highest BCUT2D eigenvalue weighted by Gasteiger charge is 2.32. The number of fused-ring (bicyclic) bond motifs is 1. The SMILES string of the molecule is CCC1CCCCC1C(NN)c1cc2cc(F)ccc2s1. The van der Waals surface area contributed by atoms with Gasteiger partial charge in [0.15, 0.2) is 0 Å². The minimum atomic E-state index is -0.173. The van der Waals surface area contributed by atoms with Crippen LogP contribution in [0, 0.1) is 17.7 Å². The zero-order chi connectivity index (χ0) is 14.8. The highest BCUT2D eigenvalue weighted by atomic mass is 32.1. The zero-order valence-electron chi connectivity index (χ0n) is 12.4. The van der Waals surface area contributed by atoms with Gasteiger partial charge in [0.25, 0.3) is 0 Å². The van der Waals surface area contributed by atoms with E-state index < -0.39 is 0 Å². The van der Waals surface area contributed by atoms with E-state index in [2.05, 4.69) is 18.4 Å². The molecule has 3 atom stereocenters. The molecule has 2 aromatic rings. The molecule has 1 heterocycles. The number of hydrazine groups is 1. The van der Waals surface area contributed by atoms with Crippen molar-refractivity contribution in [3.8, 4) is 0 Å². The molecule has 0 spiro atoms. The van der Waals surface area contributed by atoms with Gasteiger partial charge in [0, 0.05) is 9.58 Å². The van der Waals surface area contributed by atoms with Crippen LogP contribution in [0.4, 0.5) is 4.39 Å². The molecule has 3 rings (SSSR count). The molecule has 21 heavy (non-hydrogen) atoms. The Labute approximate surface area is 129 Å². The monoisotopic (exact) mass is 306 g/mol. The van der Waals surface area contributed by atoms with Crippen molar-refractivity contribution in [1.29, 1.82) is 0 Å². The van der Waals surface area contributed by atoms with Crippen molar-refractivity contribution in [3.63, 3.8) is 0 Å². The summed E-state index contributed by atoms with van der Waals surface area (Å²) in [5.74, 6) is 7.04. The minimum absolute atomic E-state index is 0.173. The van der Waals surface area contributed by atoms with E-state index in [1.54, 1.807) is 17.4 Å². The van der Waals surface area contributed by atoms with Crippen molar-refractivity contribution in [2.45, 2.75) is 45.1 Å². The molecule has 1 fully saturated rings. The Morgan fingerprint density at radius 2 is 2.14 bits per heavy atom. The first-order valence-corrected chi connectivity index (χ1v) is 8.69. The maximum Gasteiger partial charge on any atom is 0.123 e. The molecule has 1 aliphatic rings. The Kier molecular flexibility index (Phi) is 4.57. The van der Waals surface area contributed by atoms with Crippen molar-refractivity contribution in [2.24, 2.45) is 17.7 Å². The first-order valence-electron chi connectivity index (χ1n) is 7.88. The quantitative estimate of drug-likeness (QED) is 0.631. The topological polar surface area (TPSA) is 38.0 Å². The maximum absolute atomic E-state index is 13.4. The fourth-order valence-corrected chi connectivity index (χ4v) is 4.97. The van der Waals surface area contributed by atoms with Crippen LogP contribution in [-0.2, 0) is 0 Å². The summed E-state index contributed by atoms with van der Waals surface area (Å²) in [6.07, 6.45) is 6.38. The molecule has 3 unspecified atom stereocenters. The second-order valence-corrected chi connectivity index (χ2v) is 7.21. The average Bonchev–Trinajstić information content (AvgIpc) is 2.91. The molecule has 0 amide bonds. The number of rotatable bonds is 4. The molecule has 0 saturated heterocycles. The van der Waals surface area contributed by atoms with Crippen molar-refractivity contribution >= 4 is 21.4 Å². The van der Waals surface area contributed by atoms with Crippen LogP contribution in [0.5, 0.6) is 0 Å². The van der Waals surface area contributed by atoms with Crippen LogP contribution in [0.25, 0.3) is 10.1 Å². The van der Waals surface area contributed by atoms with Crippen LogP contribution in [0.1, 0.15) is 49.9 Å². The standard InChI is InChI=1S/C17H23FN2S/c1-2-11-5-3-4-6-14(11)17(20-19)16-10-12-9-13(18)7-8-15(12)21-16/h7-11,14,17,20H,2-6,19H2,1H3. The van der Waals surface area contributed by atoms with Crippen molar-refractivity contribution in [2.75, 3.05) is 0 Å². The van der Waals surface area contributed by atoms with Crippen LogP contribution < -0.4 is 11.3 Å². The van der Waals surface area contributed by atoms with Gasteiger partial charge in [-0.3, -0.25) is 11.3 Å². The maximum atomic E-state index is 13.4. The van der Waals surface area contributed by atoms with Crippen molar-refractivity contribution in [3.05, 3.63) is 35.0 Å². The van der Waals surface area contributed by atoms with Crippen LogP contribution in [0.2, 0.25) is 0 Å². The third-order valence-corrected chi connectivity index (χ3v) is 6.10. The van der Waals surface area contributed by atoms with Crippen molar-refractivity contribution < 1.29 is 4.39 Å². The smallest absolute Gasteiger partial charge is 0.123 e. The summed E-state index contributed by atoms with van der Waals surface area (Å²) in [7, 11) is 0. The highest BCUT2D eigenvalue weighted by molar-refractivity contribution is 7.19.